The lowest BCUT2D eigenvalue weighted by molar-refractivity contribution is -0.115. The van der Waals surface area contributed by atoms with E-state index in [1.54, 1.807) is 79.7 Å². The van der Waals surface area contributed by atoms with Gasteiger partial charge in [-0.1, -0.05) is 66.2 Å². The Morgan fingerprint density at radius 1 is 0.769 bits per heavy atom. The van der Waals surface area contributed by atoms with Gasteiger partial charge in [-0.3, -0.25) is 14.4 Å². The topological polar surface area (TPSA) is 87.3 Å². The second-order valence-electron chi connectivity index (χ2n) is 8.53. The van der Waals surface area contributed by atoms with Crippen molar-refractivity contribution in [3.8, 4) is 0 Å². The molecule has 0 saturated carbocycles. The van der Waals surface area contributed by atoms with Crippen LogP contribution in [0.2, 0.25) is 5.02 Å². The van der Waals surface area contributed by atoms with Gasteiger partial charge in [0.1, 0.15) is 5.70 Å². The summed E-state index contributed by atoms with van der Waals surface area (Å²) in [4.78, 5) is 39.6. The molecule has 0 aromatic heterocycles. The minimum absolute atomic E-state index is 0.101. The summed E-state index contributed by atoms with van der Waals surface area (Å²) in [6.45, 7) is 1.81. The molecular formula is C31H26ClN3O3S. The molecule has 0 aliphatic carbocycles. The molecule has 0 spiro atoms. The molecule has 0 saturated heterocycles. The number of halogens is 1. The molecule has 1 atom stereocenters. The van der Waals surface area contributed by atoms with Crippen LogP contribution in [0.25, 0.3) is 6.08 Å². The monoisotopic (exact) mass is 555 g/mol. The zero-order valence-electron chi connectivity index (χ0n) is 21.1. The summed E-state index contributed by atoms with van der Waals surface area (Å²) < 4.78 is 0. The zero-order chi connectivity index (χ0) is 27.6. The molecule has 0 heterocycles. The van der Waals surface area contributed by atoms with Crippen molar-refractivity contribution in [2.75, 3.05) is 10.6 Å². The van der Waals surface area contributed by atoms with Crippen LogP contribution in [0.15, 0.2) is 120 Å². The molecule has 4 aromatic carbocycles. The number of carbonyl (C=O) groups excluding carboxylic acids is 3. The van der Waals surface area contributed by atoms with Gasteiger partial charge in [0.05, 0.1) is 5.25 Å². The van der Waals surface area contributed by atoms with Crippen LogP contribution in [-0.2, 0) is 9.59 Å². The SMILES string of the molecule is CC(Sc1cccc(NC(=O)/C(=C/c2ccccc2)NC(=O)c2ccccc2)c1)C(=O)Nc1ccc(Cl)cc1. The van der Waals surface area contributed by atoms with Crippen molar-refractivity contribution >= 4 is 58.5 Å². The van der Waals surface area contributed by atoms with Crippen molar-refractivity contribution in [3.63, 3.8) is 0 Å². The number of rotatable bonds is 9. The fourth-order valence-corrected chi connectivity index (χ4v) is 4.59. The first-order chi connectivity index (χ1) is 18.9. The summed E-state index contributed by atoms with van der Waals surface area (Å²) in [5.41, 5.74) is 2.49. The summed E-state index contributed by atoms with van der Waals surface area (Å²) in [6.07, 6.45) is 1.62. The summed E-state index contributed by atoms with van der Waals surface area (Å²) in [5, 5.41) is 8.66. The van der Waals surface area contributed by atoms with Crippen molar-refractivity contribution < 1.29 is 14.4 Å². The maximum atomic E-state index is 13.3. The molecule has 0 radical (unpaired) electrons. The number of amides is 3. The van der Waals surface area contributed by atoms with E-state index in [0.29, 0.717) is 22.0 Å². The van der Waals surface area contributed by atoms with Crippen LogP contribution >= 0.6 is 23.4 Å². The van der Waals surface area contributed by atoms with Crippen molar-refractivity contribution in [1.82, 2.24) is 5.32 Å². The smallest absolute Gasteiger partial charge is 0.272 e. The molecule has 4 rings (SSSR count). The number of benzene rings is 4. The second kappa shape index (κ2) is 13.5. The Labute approximate surface area is 236 Å². The van der Waals surface area contributed by atoms with Crippen LogP contribution in [0.5, 0.6) is 0 Å². The van der Waals surface area contributed by atoms with Crippen molar-refractivity contribution in [2.24, 2.45) is 0 Å². The van der Waals surface area contributed by atoms with Gasteiger partial charge in [0.25, 0.3) is 11.8 Å². The normalized spacial score (nSPS) is 11.8. The average Bonchev–Trinajstić information content (AvgIpc) is 2.95. The van der Waals surface area contributed by atoms with E-state index >= 15 is 0 Å². The molecule has 3 amide bonds. The summed E-state index contributed by atoms with van der Waals surface area (Å²) >= 11 is 7.27. The Hall–Kier alpha value is -4.33. The summed E-state index contributed by atoms with van der Waals surface area (Å²) in [7, 11) is 0. The van der Waals surface area contributed by atoms with E-state index in [0.717, 1.165) is 10.5 Å². The highest BCUT2D eigenvalue weighted by atomic mass is 35.5. The Morgan fingerprint density at radius 2 is 1.44 bits per heavy atom. The zero-order valence-corrected chi connectivity index (χ0v) is 22.6. The first kappa shape index (κ1) is 27.7. The van der Waals surface area contributed by atoms with Crippen molar-refractivity contribution in [3.05, 3.63) is 131 Å². The third-order valence-corrected chi connectivity index (χ3v) is 6.87. The number of carbonyl (C=O) groups is 3. The quantitative estimate of drug-likeness (QED) is 0.155. The van der Waals surface area contributed by atoms with E-state index < -0.39 is 17.1 Å². The largest absolute Gasteiger partial charge is 0.325 e. The van der Waals surface area contributed by atoms with E-state index in [-0.39, 0.29) is 11.6 Å². The number of hydrogen-bond donors (Lipinski definition) is 3. The van der Waals surface area contributed by atoms with E-state index in [2.05, 4.69) is 16.0 Å². The number of hydrogen-bond acceptors (Lipinski definition) is 4. The van der Waals surface area contributed by atoms with Crippen LogP contribution in [0.4, 0.5) is 11.4 Å². The van der Waals surface area contributed by atoms with E-state index in [1.807, 2.05) is 42.5 Å². The van der Waals surface area contributed by atoms with Crippen LogP contribution in [0, 0.1) is 0 Å². The van der Waals surface area contributed by atoms with Crippen LogP contribution in [0.1, 0.15) is 22.8 Å². The molecule has 8 heteroatoms. The van der Waals surface area contributed by atoms with Crippen molar-refractivity contribution in [1.29, 1.82) is 0 Å². The molecule has 1 unspecified atom stereocenters. The standard InChI is InChI=1S/C31H26ClN3O3S/c1-21(29(36)33-25-17-15-24(32)16-18-25)39-27-14-8-13-26(20-27)34-31(38)28(19-22-9-4-2-5-10-22)35-30(37)23-11-6-3-7-12-23/h2-21H,1H3,(H,33,36)(H,34,38)(H,35,37)/b28-19-. The Kier molecular flexibility index (Phi) is 9.56. The van der Waals surface area contributed by atoms with Gasteiger partial charge in [0.15, 0.2) is 0 Å². The molecule has 0 fully saturated rings. The number of nitrogens with one attached hydrogen (secondary N) is 3. The van der Waals surface area contributed by atoms with Crippen molar-refractivity contribution in [2.45, 2.75) is 17.1 Å². The third-order valence-electron chi connectivity index (χ3n) is 5.53. The first-order valence-electron chi connectivity index (χ1n) is 12.1. The predicted octanol–water partition coefficient (Wildman–Crippen LogP) is 6.87. The van der Waals surface area contributed by atoms with Gasteiger partial charge in [-0.15, -0.1) is 11.8 Å². The predicted molar refractivity (Wildman–Crippen MR) is 159 cm³/mol. The molecule has 4 aromatic rings. The highest BCUT2D eigenvalue weighted by Crippen LogP contribution is 2.27. The fraction of sp³-hybridized carbons (Fsp3) is 0.0645. The molecule has 0 aliphatic rings. The molecule has 196 valence electrons. The van der Waals surface area contributed by atoms with E-state index in [9.17, 15) is 14.4 Å². The van der Waals surface area contributed by atoms with Crippen LogP contribution in [-0.4, -0.2) is 23.0 Å². The van der Waals surface area contributed by atoms with Gasteiger partial charge >= 0.3 is 0 Å². The summed E-state index contributed by atoms with van der Waals surface area (Å²) in [5.74, 6) is -1.02. The lowest BCUT2D eigenvalue weighted by Crippen LogP contribution is -2.30. The van der Waals surface area contributed by atoms with E-state index in [1.165, 1.54) is 11.8 Å². The third kappa shape index (κ3) is 8.33. The molecule has 6 nitrogen and oxygen atoms in total. The molecule has 39 heavy (non-hydrogen) atoms. The van der Waals surface area contributed by atoms with Crippen LogP contribution in [0.3, 0.4) is 0 Å². The number of anilines is 2. The molecule has 3 N–H and O–H groups in total. The first-order valence-corrected chi connectivity index (χ1v) is 13.4. The maximum Gasteiger partial charge on any atom is 0.272 e. The van der Waals surface area contributed by atoms with Gasteiger partial charge < -0.3 is 16.0 Å². The second-order valence-corrected chi connectivity index (χ2v) is 10.4. The lowest BCUT2D eigenvalue weighted by Gasteiger charge is -2.14. The van der Waals surface area contributed by atoms with Gasteiger partial charge in [0, 0.05) is 26.9 Å². The molecular weight excluding hydrogens is 530 g/mol. The minimum atomic E-state index is -0.473. The highest BCUT2D eigenvalue weighted by molar-refractivity contribution is 8.00. The Morgan fingerprint density at radius 3 is 2.13 bits per heavy atom. The van der Waals surface area contributed by atoms with Crippen LogP contribution < -0.4 is 16.0 Å². The molecule has 0 aliphatic heterocycles. The Bertz CT molecular complexity index is 1480. The summed E-state index contributed by atoms with van der Waals surface area (Å²) in [6, 6.07) is 32.1. The Balaban J connectivity index is 1.45. The average molecular weight is 556 g/mol. The van der Waals surface area contributed by atoms with E-state index in [4.69, 9.17) is 11.6 Å². The minimum Gasteiger partial charge on any atom is -0.325 e. The molecule has 0 bridgehead atoms. The van der Waals surface area contributed by atoms with Gasteiger partial charge in [-0.2, -0.15) is 0 Å². The lowest BCUT2D eigenvalue weighted by atomic mass is 10.1. The number of thioether (sulfide) groups is 1. The maximum absolute atomic E-state index is 13.3. The highest BCUT2D eigenvalue weighted by Gasteiger charge is 2.17. The van der Waals surface area contributed by atoms with Gasteiger partial charge in [0.2, 0.25) is 5.91 Å². The van der Waals surface area contributed by atoms with Gasteiger partial charge in [-0.05, 0) is 73.2 Å². The van der Waals surface area contributed by atoms with Gasteiger partial charge in [-0.25, -0.2) is 0 Å². The fourth-order valence-electron chi connectivity index (χ4n) is 3.54.